The molecule has 94 valence electrons. The molecule has 0 aliphatic carbocycles. The molecule has 18 heavy (non-hydrogen) atoms. The molecule has 0 amide bonds. The Kier molecular flexibility index (Phi) is 3.18. The van der Waals surface area contributed by atoms with Crippen molar-refractivity contribution >= 4 is 11.6 Å². The molecular formula is C12H14N4O2. The number of H-pyrrole nitrogens is 1. The van der Waals surface area contributed by atoms with Gasteiger partial charge >= 0.3 is 0 Å². The number of rotatable bonds is 3. The fourth-order valence-electron chi connectivity index (χ4n) is 1.75. The van der Waals surface area contributed by atoms with Crippen LogP contribution in [-0.4, -0.2) is 22.1 Å². The molecule has 1 aromatic carbocycles. The number of aromatic amines is 1. The molecule has 0 spiro atoms. The highest BCUT2D eigenvalue weighted by molar-refractivity contribution is 5.53. The number of nitrogens with one attached hydrogen (secondary N) is 1. The monoisotopic (exact) mass is 246 g/mol. The third-order valence-corrected chi connectivity index (χ3v) is 2.54. The van der Waals surface area contributed by atoms with Crippen LogP contribution in [0.2, 0.25) is 0 Å². The van der Waals surface area contributed by atoms with E-state index in [4.69, 9.17) is 5.73 Å². The van der Waals surface area contributed by atoms with E-state index in [1.807, 2.05) is 30.3 Å². The fourth-order valence-corrected chi connectivity index (χ4v) is 1.75. The predicted octanol–water partition coefficient (Wildman–Crippen LogP) is 0.694. The minimum Gasteiger partial charge on any atom is -0.492 e. The van der Waals surface area contributed by atoms with Gasteiger partial charge in [0.15, 0.2) is 5.69 Å². The lowest BCUT2D eigenvalue weighted by Crippen LogP contribution is -2.25. The van der Waals surface area contributed by atoms with E-state index >= 15 is 0 Å². The normalized spacial score (nSPS) is 10.3. The van der Waals surface area contributed by atoms with Crippen molar-refractivity contribution in [2.24, 2.45) is 0 Å². The Morgan fingerprint density at radius 2 is 2.06 bits per heavy atom. The van der Waals surface area contributed by atoms with Gasteiger partial charge in [-0.3, -0.25) is 9.78 Å². The van der Waals surface area contributed by atoms with Gasteiger partial charge in [0.05, 0.1) is 0 Å². The molecule has 0 fully saturated rings. The summed E-state index contributed by atoms with van der Waals surface area (Å²) in [5.41, 5.74) is 6.00. The molecule has 0 atom stereocenters. The van der Waals surface area contributed by atoms with Gasteiger partial charge in [0.1, 0.15) is 0 Å². The molecular weight excluding hydrogens is 232 g/mol. The van der Waals surface area contributed by atoms with E-state index in [1.54, 1.807) is 11.9 Å². The summed E-state index contributed by atoms with van der Waals surface area (Å²) in [4.78, 5) is 19.3. The number of hydrogen-bond acceptors (Lipinski definition) is 5. The summed E-state index contributed by atoms with van der Waals surface area (Å²) in [5, 5.41) is 9.67. The lowest BCUT2D eigenvalue weighted by Gasteiger charge is -2.18. The lowest BCUT2D eigenvalue weighted by molar-refractivity contribution is 0.452. The number of hydrogen-bond donors (Lipinski definition) is 3. The van der Waals surface area contributed by atoms with Crippen LogP contribution in [-0.2, 0) is 6.54 Å². The molecule has 0 saturated carbocycles. The number of nitrogen functional groups attached to an aromatic ring is 1. The zero-order valence-corrected chi connectivity index (χ0v) is 9.92. The van der Waals surface area contributed by atoms with Gasteiger partial charge in [-0.1, -0.05) is 30.3 Å². The zero-order chi connectivity index (χ0) is 13.1. The van der Waals surface area contributed by atoms with Gasteiger partial charge in [-0.05, 0) is 5.56 Å². The van der Waals surface area contributed by atoms with Crippen molar-refractivity contribution < 1.29 is 5.11 Å². The maximum atomic E-state index is 11.7. The smallest absolute Gasteiger partial charge is 0.279 e. The second kappa shape index (κ2) is 4.79. The highest BCUT2D eigenvalue weighted by Gasteiger charge is 2.14. The van der Waals surface area contributed by atoms with Crippen LogP contribution in [0.15, 0.2) is 35.1 Å². The topological polar surface area (TPSA) is 95.2 Å². The molecule has 1 heterocycles. The van der Waals surface area contributed by atoms with Crippen LogP contribution in [0, 0.1) is 0 Å². The summed E-state index contributed by atoms with van der Waals surface area (Å²) in [5.74, 6) is -0.468. The van der Waals surface area contributed by atoms with E-state index in [-0.39, 0.29) is 17.5 Å². The van der Waals surface area contributed by atoms with Crippen molar-refractivity contribution in [2.75, 3.05) is 17.7 Å². The summed E-state index contributed by atoms with van der Waals surface area (Å²) in [6.45, 7) is 0.489. The highest BCUT2D eigenvalue weighted by atomic mass is 16.3. The second-order valence-electron chi connectivity index (χ2n) is 3.97. The van der Waals surface area contributed by atoms with E-state index in [2.05, 4.69) is 9.97 Å². The van der Waals surface area contributed by atoms with Gasteiger partial charge in [0.2, 0.25) is 11.8 Å². The largest absolute Gasteiger partial charge is 0.492 e. The molecule has 0 unspecified atom stereocenters. The van der Waals surface area contributed by atoms with E-state index in [9.17, 15) is 9.90 Å². The first-order chi connectivity index (χ1) is 8.58. The van der Waals surface area contributed by atoms with E-state index < -0.39 is 5.56 Å². The molecule has 6 heteroatoms. The number of anilines is 2. The number of aromatic hydroxyl groups is 1. The Balaban J connectivity index is 2.30. The first-order valence-electron chi connectivity index (χ1n) is 5.41. The van der Waals surface area contributed by atoms with E-state index in [1.165, 1.54) is 0 Å². The van der Waals surface area contributed by atoms with Gasteiger partial charge in [0.25, 0.3) is 5.56 Å². The summed E-state index contributed by atoms with van der Waals surface area (Å²) < 4.78 is 0. The van der Waals surface area contributed by atoms with Crippen molar-refractivity contribution in [3.8, 4) is 5.88 Å². The zero-order valence-electron chi connectivity index (χ0n) is 9.92. The van der Waals surface area contributed by atoms with Crippen molar-refractivity contribution in [1.82, 2.24) is 9.97 Å². The van der Waals surface area contributed by atoms with Crippen molar-refractivity contribution in [2.45, 2.75) is 6.54 Å². The Hall–Kier alpha value is -2.50. The molecule has 0 saturated heterocycles. The van der Waals surface area contributed by atoms with E-state index in [0.717, 1.165) is 5.56 Å². The first-order valence-corrected chi connectivity index (χ1v) is 5.41. The van der Waals surface area contributed by atoms with Crippen LogP contribution < -0.4 is 16.2 Å². The maximum absolute atomic E-state index is 11.7. The van der Waals surface area contributed by atoms with E-state index in [0.29, 0.717) is 6.54 Å². The molecule has 6 nitrogen and oxygen atoms in total. The number of nitrogens with zero attached hydrogens (tertiary/aromatic N) is 2. The number of nitrogens with two attached hydrogens (primary N) is 1. The average molecular weight is 246 g/mol. The summed E-state index contributed by atoms with van der Waals surface area (Å²) in [7, 11) is 1.70. The first kappa shape index (κ1) is 12.0. The van der Waals surface area contributed by atoms with Gasteiger partial charge in [-0.15, -0.1) is 0 Å². The van der Waals surface area contributed by atoms with Crippen LogP contribution in [0.1, 0.15) is 5.56 Å². The molecule has 0 radical (unpaired) electrons. The third-order valence-electron chi connectivity index (χ3n) is 2.54. The molecule has 2 rings (SSSR count). The second-order valence-corrected chi connectivity index (χ2v) is 3.97. The lowest BCUT2D eigenvalue weighted by atomic mass is 10.2. The standard InChI is InChI=1S/C12H14N4O2/c1-16(7-8-5-3-2-4-6-8)9-10(17)14-12(13)15-11(9)18/h2-6H,7H2,1H3,(H4,13,14,15,17,18). The number of benzene rings is 1. The summed E-state index contributed by atoms with van der Waals surface area (Å²) >= 11 is 0. The summed E-state index contributed by atoms with van der Waals surface area (Å²) in [6.07, 6.45) is 0. The van der Waals surface area contributed by atoms with Crippen LogP contribution in [0.5, 0.6) is 5.88 Å². The molecule has 2 aromatic rings. The minimum absolute atomic E-state index is 0.102. The van der Waals surface area contributed by atoms with Gasteiger partial charge < -0.3 is 15.7 Å². The van der Waals surface area contributed by atoms with Gasteiger partial charge in [0, 0.05) is 13.6 Å². The third kappa shape index (κ3) is 2.42. The Morgan fingerprint density at radius 3 is 2.67 bits per heavy atom. The highest BCUT2D eigenvalue weighted by Crippen LogP contribution is 2.20. The predicted molar refractivity (Wildman–Crippen MR) is 69.5 cm³/mol. The Morgan fingerprint density at radius 1 is 1.39 bits per heavy atom. The van der Waals surface area contributed by atoms with Crippen LogP contribution in [0.3, 0.4) is 0 Å². The summed E-state index contributed by atoms with van der Waals surface area (Å²) in [6, 6.07) is 9.61. The fraction of sp³-hybridized carbons (Fsp3) is 0.167. The Bertz CT molecular complexity index is 595. The molecule has 4 N–H and O–H groups in total. The molecule has 0 bridgehead atoms. The molecule has 1 aromatic heterocycles. The minimum atomic E-state index is -0.460. The average Bonchev–Trinajstić information content (AvgIpc) is 2.28. The maximum Gasteiger partial charge on any atom is 0.279 e. The van der Waals surface area contributed by atoms with Gasteiger partial charge in [-0.2, -0.15) is 4.98 Å². The number of aromatic nitrogens is 2. The van der Waals surface area contributed by atoms with Crippen molar-refractivity contribution in [3.63, 3.8) is 0 Å². The van der Waals surface area contributed by atoms with Crippen LogP contribution in [0.25, 0.3) is 0 Å². The van der Waals surface area contributed by atoms with Crippen LogP contribution in [0.4, 0.5) is 11.6 Å². The Labute approximate surface area is 104 Å². The quantitative estimate of drug-likeness (QED) is 0.740. The SMILES string of the molecule is CN(Cc1ccccc1)c1c(O)nc(N)[nH]c1=O. The van der Waals surface area contributed by atoms with Crippen molar-refractivity contribution in [1.29, 1.82) is 0 Å². The van der Waals surface area contributed by atoms with Crippen molar-refractivity contribution in [3.05, 3.63) is 46.2 Å². The van der Waals surface area contributed by atoms with Crippen LogP contribution >= 0.6 is 0 Å². The molecule has 0 aliphatic rings. The molecule has 0 aliphatic heterocycles. The van der Waals surface area contributed by atoms with Gasteiger partial charge in [-0.25, -0.2) is 0 Å².